The highest BCUT2D eigenvalue weighted by molar-refractivity contribution is 5.79. The Bertz CT molecular complexity index is 762. The summed E-state index contributed by atoms with van der Waals surface area (Å²) in [6.07, 6.45) is 8.66. The van der Waals surface area contributed by atoms with Crippen molar-refractivity contribution >= 4 is 11.9 Å². The summed E-state index contributed by atoms with van der Waals surface area (Å²) in [5.41, 5.74) is 0.970. The van der Waals surface area contributed by atoms with Crippen LogP contribution in [0.3, 0.4) is 0 Å². The topological polar surface area (TPSA) is 77.8 Å². The molecule has 0 bridgehead atoms. The van der Waals surface area contributed by atoms with Gasteiger partial charge in [-0.3, -0.25) is 9.59 Å². The number of aliphatic carboxylic acids is 1. The van der Waals surface area contributed by atoms with E-state index in [-0.39, 0.29) is 24.3 Å². The van der Waals surface area contributed by atoms with E-state index in [4.69, 9.17) is 5.11 Å². The van der Waals surface area contributed by atoms with Crippen LogP contribution < -0.4 is 0 Å². The molecule has 1 heterocycles. The Morgan fingerprint density at radius 3 is 2.70 bits per heavy atom. The Balaban J connectivity index is 1.76. The van der Waals surface area contributed by atoms with Crippen LogP contribution >= 0.6 is 0 Å². The summed E-state index contributed by atoms with van der Waals surface area (Å²) < 4.78 is 0. The summed E-state index contributed by atoms with van der Waals surface area (Å²) in [6, 6.07) is 9.83. The normalized spacial score (nSPS) is 18.3. The van der Waals surface area contributed by atoms with Gasteiger partial charge in [0.2, 0.25) is 5.91 Å². The smallest absolute Gasteiger partial charge is 0.303 e. The maximum absolute atomic E-state index is 12.2. The Hall–Kier alpha value is -2.58. The fourth-order valence-corrected chi connectivity index (χ4v) is 3.55. The zero-order valence-corrected chi connectivity index (χ0v) is 17.8. The maximum Gasteiger partial charge on any atom is 0.303 e. The number of carbonyl (C=O) groups is 2. The molecule has 5 nitrogen and oxygen atoms in total. The number of carboxylic acid groups (broad SMARTS) is 1. The lowest BCUT2D eigenvalue weighted by Crippen LogP contribution is -2.33. The first-order valence-electron chi connectivity index (χ1n) is 10.9. The third kappa shape index (κ3) is 8.42. The summed E-state index contributed by atoms with van der Waals surface area (Å²) in [5.74, 6) is 5.66. The summed E-state index contributed by atoms with van der Waals surface area (Å²) in [4.78, 5) is 24.6. The fourth-order valence-electron chi connectivity index (χ4n) is 3.55. The van der Waals surface area contributed by atoms with Gasteiger partial charge in [-0.1, -0.05) is 62.0 Å². The van der Waals surface area contributed by atoms with Crippen LogP contribution in [0, 0.1) is 17.8 Å². The number of carboxylic acids is 1. The Morgan fingerprint density at radius 1 is 1.23 bits per heavy atom. The minimum absolute atomic E-state index is 0.0113. The second-order valence-corrected chi connectivity index (χ2v) is 7.98. The van der Waals surface area contributed by atoms with Gasteiger partial charge in [0.15, 0.2) is 0 Å². The number of likely N-dealkylation sites (tertiary alicyclic amines) is 1. The monoisotopic (exact) mass is 411 g/mol. The minimum atomic E-state index is -0.756. The first kappa shape index (κ1) is 23.7. The molecule has 2 rings (SSSR count). The molecule has 2 N–H and O–H groups in total. The molecule has 2 unspecified atom stereocenters. The molecule has 30 heavy (non-hydrogen) atoms. The maximum atomic E-state index is 12.2. The van der Waals surface area contributed by atoms with Gasteiger partial charge < -0.3 is 15.1 Å². The van der Waals surface area contributed by atoms with E-state index in [1.165, 1.54) is 0 Å². The highest BCUT2D eigenvalue weighted by Gasteiger charge is 2.28. The molecule has 1 saturated heterocycles. The van der Waals surface area contributed by atoms with Crippen LogP contribution in [-0.2, 0) is 9.59 Å². The number of rotatable bonds is 11. The van der Waals surface area contributed by atoms with Crippen LogP contribution in [-0.4, -0.2) is 45.7 Å². The first-order valence-corrected chi connectivity index (χ1v) is 10.9. The van der Waals surface area contributed by atoms with Crippen molar-refractivity contribution in [2.24, 2.45) is 5.92 Å². The van der Waals surface area contributed by atoms with Gasteiger partial charge in [0.05, 0.1) is 12.1 Å². The van der Waals surface area contributed by atoms with Gasteiger partial charge in [-0.15, -0.1) is 0 Å². The molecule has 1 aliphatic rings. The number of benzene rings is 1. The van der Waals surface area contributed by atoms with Gasteiger partial charge in [-0.25, -0.2) is 0 Å². The number of hydrogen-bond acceptors (Lipinski definition) is 3. The van der Waals surface area contributed by atoms with Gasteiger partial charge in [0, 0.05) is 31.4 Å². The summed E-state index contributed by atoms with van der Waals surface area (Å²) >= 11 is 0. The van der Waals surface area contributed by atoms with Gasteiger partial charge in [-0.05, 0) is 37.3 Å². The van der Waals surface area contributed by atoms with Gasteiger partial charge >= 0.3 is 5.97 Å². The average Bonchev–Trinajstić information content (AvgIpc) is 3.08. The van der Waals surface area contributed by atoms with E-state index >= 15 is 0 Å². The molecule has 1 aromatic rings. The van der Waals surface area contributed by atoms with Gasteiger partial charge in [0.25, 0.3) is 0 Å². The molecule has 3 atom stereocenters. The minimum Gasteiger partial charge on any atom is -0.481 e. The number of amides is 1. The van der Waals surface area contributed by atoms with E-state index in [1.54, 1.807) is 6.08 Å². The van der Waals surface area contributed by atoms with Gasteiger partial charge in [-0.2, -0.15) is 0 Å². The SMILES string of the molecule is CC(CC#Cc1ccccc1)C(O)/C=C/[C@H]1CCC(=O)N1CCCCCCC(=O)O. The molecular weight excluding hydrogens is 378 g/mol. The molecule has 1 aromatic carbocycles. The lowest BCUT2D eigenvalue weighted by atomic mass is 9.99. The van der Waals surface area contributed by atoms with E-state index in [9.17, 15) is 14.7 Å². The van der Waals surface area contributed by atoms with Crippen molar-refractivity contribution in [2.75, 3.05) is 6.54 Å². The quantitative estimate of drug-likeness (QED) is 0.328. The van der Waals surface area contributed by atoms with Crippen molar-refractivity contribution in [1.82, 2.24) is 4.90 Å². The predicted octanol–water partition coefficient (Wildman–Crippen LogP) is 4.01. The molecule has 0 aromatic heterocycles. The highest BCUT2D eigenvalue weighted by atomic mass is 16.4. The van der Waals surface area contributed by atoms with Crippen LogP contribution in [0.2, 0.25) is 0 Å². The molecule has 162 valence electrons. The predicted molar refractivity (Wildman–Crippen MR) is 118 cm³/mol. The van der Waals surface area contributed by atoms with E-state index in [2.05, 4.69) is 11.8 Å². The summed E-state index contributed by atoms with van der Waals surface area (Å²) in [7, 11) is 0. The molecule has 5 heteroatoms. The number of unbranched alkanes of at least 4 members (excludes halogenated alkanes) is 3. The zero-order valence-electron chi connectivity index (χ0n) is 17.8. The molecule has 1 amide bonds. The van der Waals surface area contributed by atoms with E-state index in [0.29, 0.717) is 25.8 Å². The van der Waals surface area contributed by atoms with Gasteiger partial charge in [0.1, 0.15) is 0 Å². The zero-order chi connectivity index (χ0) is 21.8. The molecule has 0 spiro atoms. The lowest BCUT2D eigenvalue weighted by Gasteiger charge is -2.23. The van der Waals surface area contributed by atoms with Crippen molar-refractivity contribution in [2.45, 2.75) is 70.4 Å². The average molecular weight is 412 g/mol. The Labute approximate surface area is 179 Å². The number of nitrogens with zero attached hydrogens (tertiary/aromatic N) is 1. The number of hydrogen-bond donors (Lipinski definition) is 2. The number of aliphatic hydroxyl groups is 1. The molecule has 1 aliphatic heterocycles. The third-order valence-corrected chi connectivity index (χ3v) is 5.46. The second-order valence-electron chi connectivity index (χ2n) is 7.98. The summed E-state index contributed by atoms with van der Waals surface area (Å²) in [5, 5.41) is 19.1. The van der Waals surface area contributed by atoms with Crippen LogP contribution in [0.25, 0.3) is 0 Å². The molecule has 0 radical (unpaired) electrons. The highest BCUT2D eigenvalue weighted by Crippen LogP contribution is 2.22. The number of carbonyl (C=O) groups excluding carboxylic acids is 1. The summed E-state index contributed by atoms with van der Waals surface area (Å²) in [6.45, 7) is 2.67. The Kier molecular flexibility index (Phi) is 10.2. The van der Waals surface area contributed by atoms with Crippen LogP contribution in [0.5, 0.6) is 0 Å². The van der Waals surface area contributed by atoms with E-state index in [0.717, 1.165) is 31.2 Å². The standard InChI is InChI=1S/C25H33NO4/c1-20(10-9-13-21-11-5-4-6-12-21)23(27)17-15-22-16-18-24(28)26(22)19-8-3-2-7-14-25(29)30/h4-6,11-12,15,17,20,22-23,27H,2-3,7-8,10,14,16,18-19H2,1H3,(H,29,30)/b17-15+/t20?,22-,23?/m0/s1. The van der Waals surface area contributed by atoms with Crippen molar-refractivity contribution in [3.05, 3.63) is 48.0 Å². The van der Waals surface area contributed by atoms with Crippen molar-refractivity contribution < 1.29 is 19.8 Å². The third-order valence-electron chi connectivity index (χ3n) is 5.46. The first-order chi connectivity index (χ1) is 14.5. The molecular formula is C25H33NO4. The van der Waals surface area contributed by atoms with E-state index in [1.807, 2.05) is 48.2 Å². The molecule has 0 aliphatic carbocycles. The molecule has 0 saturated carbocycles. The van der Waals surface area contributed by atoms with Crippen molar-refractivity contribution in [3.63, 3.8) is 0 Å². The Morgan fingerprint density at radius 2 is 1.97 bits per heavy atom. The number of aliphatic hydroxyl groups excluding tert-OH is 1. The van der Waals surface area contributed by atoms with Crippen LogP contribution in [0.15, 0.2) is 42.5 Å². The van der Waals surface area contributed by atoms with Crippen molar-refractivity contribution in [1.29, 1.82) is 0 Å². The fraction of sp³-hybridized carbons (Fsp3) is 0.520. The van der Waals surface area contributed by atoms with Crippen LogP contribution in [0.4, 0.5) is 0 Å². The second kappa shape index (κ2) is 12.9. The lowest BCUT2D eigenvalue weighted by molar-refractivity contribution is -0.137. The largest absolute Gasteiger partial charge is 0.481 e. The van der Waals surface area contributed by atoms with E-state index < -0.39 is 12.1 Å². The molecule has 1 fully saturated rings. The van der Waals surface area contributed by atoms with Crippen molar-refractivity contribution in [3.8, 4) is 11.8 Å². The van der Waals surface area contributed by atoms with Crippen LogP contribution in [0.1, 0.15) is 63.9 Å².